The summed E-state index contributed by atoms with van der Waals surface area (Å²) in [6.45, 7) is 7.24. The van der Waals surface area contributed by atoms with Gasteiger partial charge in [0.05, 0.1) is 6.61 Å². The van der Waals surface area contributed by atoms with E-state index in [4.69, 9.17) is 4.74 Å². The molecule has 4 nitrogen and oxygen atoms in total. The van der Waals surface area contributed by atoms with Crippen molar-refractivity contribution in [2.75, 3.05) is 6.61 Å². The number of hydrogen-bond donors (Lipinski definition) is 0. The van der Waals surface area contributed by atoms with Crippen LogP contribution in [0.15, 0.2) is 12.2 Å². The molecule has 0 aliphatic carbocycles. The highest BCUT2D eigenvalue weighted by Gasteiger charge is 2.14. The van der Waals surface area contributed by atoms with E-state index in [2.05, 4.69) is 4.74 Å². The molecule has 0 atom stereocenters. The molecule has 0 saturated carbocycles. The summed E-state index contributed by atoms with van der Waals surface area (Å²) in [7, 11) is 0. The Morgan fingerprint density at radius 3 is 2.07 bits per heavy atom. The average Bonchev–Trinajstić information content (AvgIpc) is 1.98. The van der Waals surface area contributed by atoms with E-state index in [1.165, 1.54) is 0 Å². The van der Waals surface area contributed by atoms with E-state index >= 15 is 0 Å². The third kappa shape index (κ3) is 7.34. The normalized spacial score (nSPS) is 11.4. The van der Waals surface area contributed by atoms with Crippen molar-refractivity contribution >= 4 is 11.9 Å². The van der Waals surface area contributed by atoms with Crippen LogP contribution in [0.25, 0.3) is 0 Å². The summed E-state index contributed by atoms with van der Waals surface area (Å²) < 4.78 is 9.52. The van der Waals surface area contributed by atoms with Crippen LogP contribution in [0.3, 0.4) is 0 Å². The van der Waals surface area contributed by atoms with Crippen LogP contribution in [0.5, 0.6) is 0 Å². The first-order chi connectivity index (χ1) is 6.35. The first-order valence-corrected chi connectivity index (χ1v) is 4.43. The third-order valence-electron chi connectivity index (χ3n) is 1.05. The summed E-state index contributed by atoms with van der Waals surface area (Å²) in [6.07, 6.45) is 2.11. The summed E-state index contributed by atoms with van der Waals surface area (Å²) in [4.78, 5) is 21.8. The van der Waals surface area contributed by atoms with Gasteiger partial charge in [0.1, 0.15) is 5.60 Å². The molecule has 0 aromatic carbocycles. The lowest BCUT2D eigenvalue weighted by Crippen LogP contribution is -2.22. The van der Waals surface area contributed by atoms with Gasteiger partial charge >= 0.3 is 11.9 Å². The van der Waals surface area contributed by atoms with Crippen LogP contribution in [0.1, 0.15) is 27.7 Å². The lowest BCUT2D eigenvalue weighted by molar-refractivity contribution is -0.149. The number of rotatable bonds is 3. The van der Waals surface area contributed by atoms with Gasteiger partial charge in [-0.3, -0.25) is 0 Å². The Labute approximate surface area is 83.9 Å². The summed E-state index contributed by atoms with van der Waals surface area (Å²) in [5.41, 5.74) is -0.546. The van der Waals surface area contributed by atoms with Crippen LogP contribution in [0, 0.1) is 0 Å². The van der Waals surface area contributed by atoms with Crippen molar-refractivity contribution in [3.8, 4) is 0 Å². The molecule has 0 aromatic heterocycles. The highest BCUT2D eigenvalue weighted by atomic mass is 16.6. The van der Waals surface area contributed by atoms with Crippen molar-refractivity contribution in [3.63, 3.8) is 0 Å². The molecule has 0 unspecified atom stereocenters. The molecule has 14 heavy (non-hydrogen) atoms. The Balaban J connectivity index is 4.00. The standard InChI is InChI=1S/C10H16O4/c1-5-13-8(11)6-7-9(12)14-10(2,3)4/h6-7H,5H2,1-4H3. The van der Waals surface area contributed by atoms with E-state index in [9.17, 15) is 9.59 Å². The molecule has 0 fully saturated rings. The van der Waals surface area contributed by atoms with Gasteiger partial charge in [-0.05, 0) is 27.7 Å². The molecule has 0 aliphatic heterocycles. The van der Waals surface area contributed by atoms with Gasteiger partial charge in [0, 0.05) is 12.2 Å². The minimum absolute atomic E-state index is 0.289. The highest BCUT2D eigenvalue weighted by Crippen LogP contribution is 2.06. The fraction of sp³-hybridized carbons (Fsp3) is 0.600. The molecular weight excluding hydrogens is 184 g/mol. The summed E-state index contributed by atoms with van der Waals surface area (Å²) in [5, 5.41) is 0. The predicted octanol–water partition coefficient (Wildman–Crippen LogP) is 1.45. The first-order valence-electron chi connectivity index (χ1n) is 4.43. The van der Waals surface area contributed by atoms with Crippen molar-refractivity contribution < 1.29 is 19.1 Å². The fourth-order valence-electron chi connectivity index (χ4n) is 0.662. The summed E-state index contributed by atoms with van der Waals surface area (Å²) in [6, 6.07) is 0. The molecule has 0 aliphatic rings. The lowest BCUT2D eigenvalue weighted by atomic mass is 10.2. The van der Waals surface area contributed by atoms with E-state index in [-0.39, 0.29) is 6.61 Å². The van der Waals surface area contributed by atoms with Crippen molar-refractivity contribution in [1.29, 1.82) is 0 Å². The maximum atomic E-state index is 11.1. The van der Waals surface area contributed by atoms with Crippen LogP contribution in [0.2, 0.25) is 0 Å². The topological polar surface area (TPSA) is 52.6 Å². The molecule has 0 radical (unpaired) electrons. The Morgan fingerprint density at radius 2 is 1.64 bits per heavy atom. The molecule has 4 heteroatoms. The molecular formula is C10H16O4. The van der Waals surface area contributed by atoms with Crippen molar-refractivity contribution in [2.45, 2.75) is 33.3 Å². The minimum Gasteiger partial charge on any atom is -0.463 e. The van der Waals surface area contributed by atoms with Gasteiger partial charge in [-0.1, -0.05) is 0 Å². The maximum Gasteiger partial charge on any atom is 0.331 e. The number of ether oxygens (including phenoxy) is 2. The zero-order valence-corrected chi connectivity index (χ0v) is 8.99. The predicted molar refractivity (Wildman–Crippen MR) is 51.6 cm³/mol. The zero-order chi connectivity index (χ0) is 11.2. The van der Waals surface area contributed by atoms with E-state index in [1.54, 1.807) is 27.7 Å². The molecule has 0 N–H and O–H groups in total. The zero-order valence-electron chi connectivity index (χ0n) is 8.99. The number of carbonyl (C=O) groups is 2. The monoisotopic (exact) mass is 200 g/mol. The Bertz CT molecular complexity index is 235. The largest absolute Gasteiger partial charge is 0.463 e. The molecule has 0 spiro atoms. The molecule has 0 bridgehead atoms. The van der Waals surface area contributed by atoms with E-state index in [0.717, 1.165) is 12.2 Å². The maximum absolute atomic E-state index is 11.1. The summed E-state index contributed by atoms with van der Waals surface area (Å²) in [5.74, 6) is -1.09. The van der Waals surface area contributed by atoms with Gasteiger partial charge in [0.2, 0.25) is 0 Å². The van der Waals surface area contributed by atoms with Crippen LogP contribution < -0.4 is 0 Å². The van der Waals surface area contributed by atoms with Crippen LogP contribution in [-0.4, -0.2) is 24.1 Å². The fourth-order valence-corrected chi connectivity index (χ4v) is 0.662. The van der Waals surface area contributed by atoms with Gasteiger partial charge in [0.25, 0.3) is 0 Å². The van der Waals surface area contributed by atoms with Crippen molar-refractivity contribution in [2.24, 2.45) is 0 Å². The average molecular weight is 200 g/mol. The van der Waals surface area contributed by atoms with Crippen LogP contribution in [0.4, 0.5) is 0 Å². The third-order valence-corrected chi connectivity index (χ3v) is 1.05. The van der Waals surface area contributed by atoms with Gasteiger partial charge in [-0.15, -0.1) is 0 Å². The second-order valence-corrected chi connectivity index (χ2v) is 3.62. The van der Waals surface area contributed by atoms with Gasteiger partial charge in [-0.25, -0.2) is 9.59 Å². The first kappa shape index (κ1) is 12.7. The molecule has 0 rings (SSSR count). The van der Waals surface area contributed by atoms with Crippen LogP contribution in [-0.2, 0) is 19.1 Å². The molecule has 0 heterocycles. The Morgan fingerprint density at radius 1 is 1.14 bits per heavy atom. The second-order valence-electron chi connectivity index (χ2n) is 3.62. The highest BCUT2D eigenvalue weighted by molar-refractivity contribution is 5.91. The van der Waals surface area contributed by atoms with E-state index < -0.39 is 17.5 Å². The molecule has 0 amide bonds. The van der Waals surface area contributed by atoms with Gasteiger partial charge < -0.3 is 9.47 Å². The van der Waals surface area contributed by atoms with Gasteiger partial charge in [0.15, 0.2) is 0 Å². The summed E-state index contributed by atoms with van der Waals surface area (Å²) >= 11 is 0. The SMILES string of the molecule is CCOC(=O)C=CC(=O)OC(C)(C)C. The molecule has 0 aromatic rings. The lowest BCUT2D eigenvalue weighted by Gasteiger charge is -2.17. The molecule has 80 valence electrons. The second kappa shape index (κ2) is 5.42. The minimum atomic E-state index is -0.550. The Hall–Kier alpha value is -1.32. The number of hydrogen-bond acceptors (Lipinski definition) is 4. The van der Waals surface area contributed by atoms with Gasteiger partial charge in [-0.2, -0.15) is 0 Å². The molecule has 0 saturated heterocycles. The van der Waals surface area contributed by atoms with Crippen molar-refractivity contribution in [1.82, 2.24) is 0 Å². The smallest absolute Gasteiger partial charge is 0.331 e. The quantitative estimate of drug-likeness (QED) is 0.511. The van der Waals surface area contributed by atoms with E-state index in [0.29, 0.717) is 0 Å². The van der Waals surface area contributed by atoms with E-state index in [1.807, 2.05) is 0 Å². The van der Waals surface area contributed by atoms with Crippen molar-refractivity contribution in [3.05, 3.63) is 12.2 Å². The number of esters is 2. The van der Waals surface area contributed by atoms with Crippen LogP contribution >= 0.6 is 0 Å². The number of carbonyl (C=O) groups excluding carboxylic acids is 2. The Kier molecular flexibility index (Phi) is 4.91.